The van der Waals surface area contributed by atoms with Crippen molar-refractivity contribution in [2.24, 2.45) is 0 Å². The second kappa shape index (κ2) is 7.58. The van der Waals surface area contributed by atoms with Crippen LogP contribution in [0.2, 0.25) is 0 Å². The Morgan fingerprint density at radius 2 is 1.96 bits per heavy atom. The smallest absolute Gasteiger partial charge is 0.150 e. The minimum Gasteiger partial charge on any atom is -0.324 e. The van der Waals surface area contributed by atoms with Gasteiger partial charge in [-0.2, -0.15) is 0 Å². The van der Waals surface area contributed by atoms with Crippen LogP contribution in [0.1, 0.15) is 30.1 Å². The molecule has 4 rings (SSSR count). The Morgan fingerprint density at radius 3 is 2.77 bits per heavy atom. The lowest BCUT2D eigenvalue weighted by molar-refractivity contribution is 0.244. The van der Waals surface area contributed by atoms with Crippen molar-refractivity contribution >= 4 is 11.6 Å². The maximum atomic E-state index is 13.1. The number of nitrogens with one attached hydrogen (secondary N) is 1. The second-order valence-electron chi connectivity index (χ2n) is 6.42. The van der Waals surface area contributed by atoms with Gasteiger partial charge in [0.25, 0.3) is 0 Å². The van der Waals surface area contributed by atoms with Crippen molar-refractivity contribution in [3.63, 3.8) is 0 Å². The molecule has 0 bridgehead atoms. The van der Waals surface area contributed by atoms with Crippen LogP contribution in [0.4, 0.5) is 16.0 Å². The van der Waals surface area contributed by atoms with Crippen molar-refractivity contribution in [2.45, 2.75) is 25.4 Å². The quantitative estimate of drug-likeness (QED) is 0.752. The molecular weight excluding hydrogens is 329 g/mol. The Balaban J connectivity index is 1.50. The molecule has 1 unspecified atom stereocenters. The van der Waals surface area contributed by atoms with E-state index in [1.54, 1.807) is 12.4 Å². The Kier molecular flexibility index (Phi) is 4.84. The van der Waals surface area contributed by atoms with Crippen LogP contribution in [0.3, 0.4) is 0 Å². The van der Waals surface area contributed by atoms with Crippen molar-refractivity contribution in [2.75, 3.05) is 11.9 Å². The SMILES string of the molecule is Fc1ccc(CN2CCCC2c2cncc(Nc3ccccn3)n2)cc1. The summed E-state index contributed by atoms with van der Waals surface area (Å²) in [6, 6.07) is 12.6. The third kappa shape index (κ3) is 3.86. The fourth-order valence-corrected chi connectivity index (χ4v) is 3.34. The second-order valence-corrected chi connectivity index (χ2v) is 6.42. The number of rotatable bonds is 5. The molecule has 132 valence electrons. The lowest BCUT2D eigenvalue weighted by Crippen LogP contribution is -2.23. The third-order valence-electron chi connectivity index (χ3n) is 4.58. The van der Waals surface area contributed by atoms with Crippen molar-refractivity contribution < 1.29 is 4.39 Å². The normalized spacial score (nSPS) is 17.3. The van der Waals surface area contributed by atoms with Crippen LogP contribution in [0.5, 0.6) is 0 Å². The van der Waals surface area contributed by atoms with Crippen LogP contribution in [0, 0.1) is 5.82 Å². The molecule has 26 heavy (non-hydrogen) atoms. The highest BCUT2D eigenvalue weighted by molar-refractivity contribution is 5.50. The van der Waals surface area contributed by atoms with E-state index in [-0.39, 0.29) is 11.9 Å². The van der Waals surface area contributed by atoms with Gasteiger partial charge < -0.3 is 5.32 Å². The fourth-order valence-electron chi connectivity index (χ4n) is 3.34. The average Bonchev–Trinajstić information content (AvgIpc) is 3.13. The molecule has 1 saturated heterocycles. The van der Waals surface area contributed by atoms with Crippen molar-refractivity contribution in [1.29, 1.82) is 0 Å². The molecule has 1 N–H and O–H groups in total. The molecule has 2 aromatic heterocycles. The summed E-state index contributed by atoms with van der Waals surface area (Å²) in [4.78, 5) is 15.7. The summed E-state index contributed by atoms with van der Waals surface area (Å²) >= 11 is 0. The van der Waals surface area contributed by atoms with Crippen LogP contribution >= 0.6 is 0 Å². The predicted molar refractivity (Wildman–Crippen MR) is 98.3 cm³/mol. The summed E-state index contributed by atoms with van der Waals surface area (Å²) in [6.07, 6.45) is 7.43. The minimum absolute atomic E-state index is 0.203. The molecule has 0 radical (unpaired) electrons. The minimum atomic E-state index is -0.203. The van der Waals surface area contributed by atoms with Gasteiger partial charge in [-0.05, 0) is 49.2 Å². The molecule has 0 amide bonds. The van der Waals surface area contributed by atoms with E-state index in [1.807, 2.05) is 36.5 Å². The van der Waals surface area contributed by atoms with Gasteiger partial charge in [-0.15, -0.1) is 0 Å². The van der Waals surface area contributed by atoms with Gasteiger partial charge in [-0.3, -0.25) is 9.88 Å². The first-order chi connectivity index (χ1) is 12.8. The zero-order valence-corrected chi connectivity index (χ0v) is 14.3. The zero-order valence-electron chi connectivity index (χ0n) is 14.3. The summed E-state index contributed by atoms with van der Waals surface area (Å²) in [5.41, 5.74) is 2.06. The van der Waals surface area contributed by atoms with E-state index in [4.69, 9.17) is 4.98 Å². The van der Waals surface area contributed by atoms with Crippen LogP contribution in [-0.4, -0.2) is 26.4 Å². The number of hydrogen-bond donors (Lipinski definition) is 1. The van der Waals surface area contributed by atoms with E-state index >= 15 is 0 Å². The number of pyridine rings is 1. The van der Waals surface area contributed by atoms with E-state index in [9.17, 15) is 4.39 Å². The van der Waals surface area contributed by atoms with Crippen LogP contribution in [0.25, 0.3) is 0 Å². The van der Waals surface area contributed by atoms with Crippen LogP contribution < -0.4 is 5.32 Å². The molecule has 1 fully saturated rings. The first-order valence-electron chi connectivity index (χ1n) is 8.76. The highest BCUT2D eigenvalue weighted by Crippen LogP contribution is 2.32. The van der Waals surface area contributed by atoms with Gasteiger partial charge in [-0.1, -0.05) is 18.2 Å². The summed E-state index contributed by atoms with van der Waals surface area (Å²) in [5.74, 6) is 1.23. The molecule has 6 heteroatoms. The highest BCUT2D eigenvalue weighted by Gasteiger charge is 2.27. The van der Waals surface area contributed by atoms with Gasteiger partial charge >= 0.3 is 0 Å². The Hall–Kier alpha value is -2.86. The summed E-state index contributed by atoms with van der Waals surface area (Å²) in [5, 5.41) is 3.19. The molecule has 1 aliphatic heterocycles. The summed E-state index contributed by atoms with van der Waals surface area (Å²) in [7, 11) is 0. The van der Waals surface area contributed by atoms with Gasteiger partial charge in [0, 0.05) is 12.7 Å². The molecule has 1 aliphatic rings. The topological polar surface area (TPSA) is 53.9 Å². The number of aromatic nitrogens is 3. The molecular formula is C20H20FN5. The molecule has 3 heterocycles. The van der Waals surface area contributed by atoms with E-state index < -0.39 is 0 Å². The lowest BCUT2D eigenvalue weighted by atomic mass is 10.1. The summed E-state index contributed by atoms with van der Waals surface area (Å²) < 4.78 is 13.1. The van der Waals surface area contributed by atoms with Gasteiger partial charge in [0.05, 0.1) is 24.1 Å². The molecule has 0 saturated carbocycles. The van der Waals surface area contributed by atoms with Gasteiger partial charge in [0.1, 0.15) is 17.5 Å². The zero-order chi connectivity index (χ0) is 17.8. The Labute approximate surface area is 151 Å². The van der Waals surface area contributed by atoms with Crippen molar-refractivity contribution in [1.82, 2.24) is 19.9 Å². The third-order valence-corrected chi connectivity index (χ3v) is 4.58. The number of benzene rings is 1. The maximum Gasteiger partial charge on any atom is 0.150 e. The average molecular weight is 349 g/mol. The van der Waals surface area contributed by atoms with Crippen molar-refractivity contribution in [3.8, 4) is 0 Å². The summed E-state index contributed by atoms with van der Waals surface area (Å²) in [6.45, 7) is 1.78. The number of nitrogens with zero attached hydrogens (tertiary/aromatic N) is 4. The van der Waals surface area contributed by atoms with Gasteiger partial charge in [0.2, 0.25) is 0 Å². The predicted octanol–water partition coefficient (Wildman–Crippen LogP) is 4.09. The number of hydrogen-bond acceptors (Lipinski definition) is 5. The monoisotopic (exact) mass is 349 g/mol. The maximum absolute atomic E-state index is 13.1. The first kappa shape index (κ1) is 16.6. The molecule has 1 aromatic carbocycles. The number of halogens is 1. The highest BCUT2D eigenvalue weighted by atomic mass is 19.1. The van der Waals surface area contributed by atoms with Crippen LogP contribution in [-0.2, 0) is 6.54 Å². The Bertz CT molecular complexity index is 854. The van der Waals surface area contributed by atoms with Gasteiger partial charge in [0.15, 0.2) is 0 Å². The largest absolute Gasteiger partial charge is 0.324 e. The van der Waals surface area contributed by atoms with Crippen LogP contribution in [0.15, 0.2) is 61.1 Å². The van der Waals surface area contributed by atoms with Gasteiger partial charge in [-0.25, -0.2) is 14.4 Å². The fraction of sp³-hybridized carbons (Fsp3) is 0.250. The molecule has 0 aliphatic carbocycles. The lowest BCUT2D eigenvalue weighted by Gasteiger charge is -2.24. The Morgan fingerprint density at radius 1 is 1.08 bits per heavy atom. The first-order valence-corrected chi connectivity index (χ1v) is 8.76. The number of likely N-dealkylation sites (tertiary alicyclic amines) is 1. The molecule has 5 nitrogen and oxygen atoms in total. The van der Waals surface area contributed by atoms with E-state index in [0.717, 1.165) is 43.0 Å². The van der Waals surface area contributed by atoms with E-state index in [2.05, 4.69) is 20.2 Å². The molecule has 1 atom stereocenters. The number of anilines is 2. The standard InChI is InChI=1S/C20H20FN5/c21-16-8-6-15(7-9-16)14-26-11-3-4-18(26)17-12-22-13-20(24-17)25-19-5-1-2-10-23-19/h1-2,5-10,12-13,18H,3-4,11,14H2,(H,23,24,25). The van der Waals surface area contributed by atoms with E-state index in [0.29, 0.717) is 5.82 Å². The molecule has 0 spiro atoms. The molecule has 3 aromatic rings. The van der Waals surface area contributed by atoms with E-state index in [1.165, 1.54) is 12.1 Å². The van der Waals surface area contributed by atoms with Crippen molar-refractivity contribution in [3.05, 3.63) is 78.1 Å².